The number of likely N-dealkylation sites (tertiary alicyclic amines) is 1. The van der Waals surface area contributed by atoms with Crippen molar-refractivity contribution in [3.63, 3.8) is 0 Å². The minimum absolute atomic E-state index is 0.0234. The van der Waals surface area contributed by atoms with Gasteiger partial charge in [-0.25, -0.2) is 14.4 Å². The van der Waals surface area contributed by atoms with Gasteiger partial charge in [-0.05, 0) is 63.2 Å². The molecule has 10 heteroatoms. The summed E-state index contributed by atoms with van der Waals surface area (Å²) in [6.07, 6.45) is 3.47. The summed E-state index contributed by atoms with van der Waals surface area (Å²) in [5.74, 6) is 1.04. The van der Waals surface area contributed by atoms with Gasteiger partial charge in [0.15, 0.2) is 17.3 Å². The van der Waals surface area contributed by atoms with Crippen LogP contribution in [-0.2, 0) is 0 Å². The van der Waals surface area contributed by atoms with Gasteiger partial charge in [-0.15, -0.1) is 4.91 Å². The first-order chi connectivity index (χ1) is 15.5. The van der Waals surface area contributed by atoms with Crippen LogP contribution in [0.25, 0.3) is 10.9 Å². The molecule has 3 aromatic rings. The van der Waals surface area contributed by atoms with Gasteiger partial charge in [0.05, 0.1) is 24.5 Å². The summed E-state index contributed by atoms with van der Waals surface area (Å²) in [5.41, 5.74) is 0.505. The van der Waals surface area contributed by atoms with E-state index in [1.807, 2.05) is 0 Å². The first-order valence-corrected chi connectivity index (χ1v) is 11.0. The molecule has 0 unspecified atom stereocenters. The third-order valence-electron chi connectivity index (χ3n) is 5.63. The molecule has 1 aliphatic rings. The quantitative estimate of drug-likeness (QED) is 0.328. The fourth-order valence-electron chi connectivity index (χ4n) is 3.78. The summed E-state index contributed by atoms with van der Waals surface area (Å²) in [5, 5.41) is 4.40. The second-order valence-corrected chi connectivity index (χ2v) is 8.68. The highest BCUT2D eigenvalue weighted by Gasteiger charge is 2.22. The second kappa shape index (κ2) is 9.74. The van der Waals surface area contributed by atoms with E-state index < -0.39 is 5.82 Å². The number of halogens is 2. The minimum atomic E-state index is -0.615. The van der Waals surface area contributed by atoms with Crippen LogP contribution in [0.15, 0.2) is 46.4 Å². The van der Waals surface area contributed by atoms with E-state index in [0.717, 1.165) is 30.9 Å². The van der Waals surface area contributed by atoms with Crippen LogP contribution in [-0.4, -0.2) is 48.7 Å². The van der Waals surface area contributed by atoms with E-state index in [2.05, 4.69) is 43.1 Å². The Balaban J connectivity index is 1.67. The van der Waals surface area contributed by atoms with Gasteiger partial charge in [-0.1, -0.05) is 15.9 Å². The number of nitrogens with zero attached hydrogens (tertiary/aromatic N) is 5. The highest BCUT2D eigenvalue weighted by molar-refractivity contribution is 9.10. The van der Waals surface area contributed by atoms with E-state index in [0.29, 0.717) is 39.4 Å². The number of methoxy groups -OCH3 is 1. The van der Waals surface area contributed by atoms with Crippen molar-refractivity contribution >= 4 is 38.3 Å². The molecule has 4 rings (SSSR count). The van der Waals surface area contributed by atoms with E-state index in [4.69, 9.17) is 9.47 Å². The minimum Gasteiger partial charge on any atom is -0.493 e. The van der Waals surface area contributed by atoms with E-state index in [-0.39, 0.29) is 11.5 Å². The second-order valence-electron chi connectivity index (χ2n) is 7.76. The largest absolute Gasteiger partial charge is 0.493 e. The predicted octanol–water partition coefficient (Wildman–Crippen LogP) is 5.08. The number of anilines is 2. The van der Waals surface area contributed by atoms with Crippen LogP contribution >= 0.6 is 15.9 Å². The molecule has 168 valence electrons. The van der Waals surface area contributed by atoms with E-state index in [9.17, 15) is 9.30 Å². The number of nitroso groups, excluding NO2 is 1. The van der Waals surface area contributed by atoms with Crippen molar-refractivity contribution in [1.82, 2.24) is 14.9 Å². The third-order valence-corrected chi connectivity index (χ3v) is 6.13. The first kappa shape index (κ1) is 22.3. The molecule has 0 amide bonds. The molecule has 8 nitrogen and oxygen atoms in total. The Labute approximate surface area is 193 Å². The maximum atomic E-state index is 14.5. The lowest BCUT2D eigenvalue weighted by atomic mass is 9.98. The first-order valence-electron chi connectivity index (χ1n) is 10.2. The van der Waals surface area contributed by atoms with Gasteiger partial charge in [0, 0.05) is 15.9 Å². The van der Waals surface area contributed by atoms with E-state index >= 15 is 0 Å². The Morgan fingerprint density at radius 3 is 2.69 bits per heavy atom. The van der Waals surface area contributed by atoms with Crippen LogP contribution in [0.5, 0.6) is 11.5 Å². The standard InChI is InChI=1S/C22H23BrFN5O3/c1-28-7-5-14(6-8-28)12-32-21-11-18-16(10-20(21)31-2)22(26-13-25-18)29(27-30)19-4-3-15(23)9-17(19)24/h3-4,9-11,13-14H,5-8,12H2,1-2H3. The van der Waals surface area contributed by atoms with Gasteiger partial charge in [0.1, 0.15) is 17.8 Å². The highest BCUT2D eigenvalue weighted by atomic mass is 79.9. The predicted molar refractivity (Wildman–Crippen MR) is 124 cm³/mol. The highest BCUT2D eigenvalue weighted by Crippen LogP contribution is 2.38. The molecule has 1 aromatic heterocycles. The molecule has 2 aromatic carbocycles. The molecule has 0 aliphatic carbocycles. The summed E-state index contributed by atoms with van der Waals surface area (Å²) >= 11 is 3.21. The molecule has 1 saturated heterocycles. The van der Waals surface area contributed by atoms with Gasteiger partial charge in [0.2, 0.25) is 0 Å². The van der Waals surface area contributed by atoms with Gasteiger partial charge >= 0.3 is 0 Å². The average Bonchev–Trinajstić information content (AvgIpc) is 2.80. The summed E-state index contributed by atoms with van der Waals surface area (Å²) in [7, 11) is 3.66. The lowest BCUT2D eigenvalue weighted by molar-refractivity contribution is 0.157. The van der Waals surface area contributed by atoms with Gasteiger partial charge < -0.3 is 14.4 Å². The number of ether oxygens (including phenoxy) is 2. The number of benzene rings is 2. The van der Waals surface area contributed by atoms with Gasteiger partial charge in [0.25, 0.3) is 0 Å². The number of aromatic nitrogens is 2. The third kappa shape index (κ3) is 4.66. The molecule has 0 bridgehead atoms. The summed E-state index contributed by atoms with van der Waals surface area (Å²) in [4.78, 5) is 22.5. The molecule has 0 saturated carbocycles. The molecule has 1 aliphatic heterocycles. The van der Waals surface area contributed by atoms with Crippen LogP contribution in [0.4, 0.5) is 15.9 Å². The van der Waals surface area contributed by atoms with Crippen molar-refractivity contribution in [2.75, 3.05) is 38.9 Å². The zero-order valence-corrected chi connectivity index (χ0v) is 19.4. The van der Waals surface area contributed by atoms with Crippen molar-refractivity contribution in [3.8, 4) is 11.5 Å². The number of hydrogen-bond donors (Lipinski definition) is 0. The number of hydrogen-bond acceptors (Lipinski definition) is 7. The van der Waals surface area contributed by atoms with E-state index in [1.54, 1.807) is 18.2 Å². The number of fused-ring (bicyclic) bond motifs is 1. The molecule has 0 spiro atoms. The molecular weight excluding hydrogens is 481 g/mol. The molecule has 2 heterocycles. The molecule has 32 heavy (non-hydrogen) atoms. The van der Waals surface area contributed by atoms with Crippen LogP contribution in [0.1, 0.15) is 12.8 Å². The molecule has 0 radical (unpaired) electrons. The van der Waals surface area contributed by atoms with Crippen LogP contribution < -0.4 is 14.5 Å². The number of piperidine rings is 1. The Kier molecular flexibility index (Phi) is 6.80. The van der Waals surface area contributed by atoms with Crippen LogP contribution in [0, 0.1) is 16.6 Å². The Hall–Kier alpha value is -2.85. The van der Waals surface area contributed by atoms with Crippen molar-refractivity contribution in [2.45, 2.75) is 12.8 Å². The van der Waals surface area contributed by atoms with Gasteiger partial charge in [-0.2, -0.15) is 5.01 Å². The van der Waals surface area contributed by atoms with Crippen molar-refractivity contribution in [3.05, 3.63) is 51.9 Å². The maximum absolute atomic E-state index is 14.5. The van der Waals surface area contributed by atoms with E-state index in [1.165, 1.54) is 25.6 Å². The Morgan fingerprint density at radius 1 is 1.22 bits per heavy atom. The Bertz CT molecular complexity index is 1120. The Morgan fingerprint density at radius 2 is 2.00 bits per heavy atom. The maximum Gasteiger partial charge on any atom is 0.168 e. The molecule has 1 fully saturated rings. The monoisotopic (exact) mass is 503 g/mol. The average molecular weight is 504 g/mol. The smallest absolute Gasteiger partial charge is 0.168 e. The van der Waals surface area contributed by atoms with Crippen molar-refractivity contribution in [2.24, 2.45) is 11.2 Å². The summed E-state index contributed by atoms with van der Waals surface area (Å²) in [6, 6.07) is 7.76. The van der Waals surface area contributed by atoms with Gasteiger partial charge in [-0.3, -0.25) is 0 Å². The summed E-state index contributed by atoms with van der Waals surface area (Å²) in [6.45, 7) is 2.70. The van der Waals surface area contributed by atoms with Crippen LogP contribution in [0.2, 0.25) is 0 Å². The number of rotatable bonds is 7. The normalized spacial score (nSPS) is 15.0. The molecular formula is C22H23BrFN5O3. The zero-order valence-electron chi connectivity index (χ0n) is 17.8. The lowest BCUT2D eigenvalue weighted by Crippen LogP contribution is -2.32. The molecule has 0 N–H and O–H groups in total. The molecule has 0 atom stereocenters. The van der Waals surface area contributed by atoms with Crippen molar-refractivity contribution < 1.29 is 13.9 Å². The SMILES string of the molecule is COc1cc2c(N(N=O)c3ccc(Br)cc3F)ncnc2cc1OCC1CCN(C)CC1. The van der Waals surface area contributed by atoms with Crippen molar-refractivity contribution in [1.29, 1.82) is 0 Å². The van der Waals surface area contributed by atoms with Crippen LogP contribution in [0.3, 0.4) is 0 Å². The topological polar surface area (TPSA) is 80.2 Å². The fourth-order valence-corrected chi connectivity index (χ4v) is 4.11. The lowest BCUT2D eigenvalue weighted by Gasteiger charge is -2.28. The summed E-state index contributed by atoms with van der Waals surface area (Å²) < 4.78 is 26.7. The zero-order chi connectivity index (χ0) is 22.7. The fraction of sp³-hybridized carbons (Fsp3) is 0.364.